The molecule has 1 amide bonds. The summed E-state index contributed by atoms with van der Waals surface area (Å²) in [6.45, 7) is 2.68. The van der Waals surface area contributed by atoms with Crippen LogP contribution in [0, 0.1) is 0 Å². The zero-order valence-electron chi connectivity index (χ0n) is 13.0. The van der Waals surface area contributed by atoms with Crippen LogP contribution in [0.5, 0.6) is 0 Å². The number of nitrogens with zero attached hydrogens (tertiary/aromatic N) is 4. The molecule has 1 spiro atoms. The van der Waals surface area contributed by atoms with Gasteiger partial charge < -0.3 is 14.4 Å². The first-order valence-electron chi connectivity index (χ1n) is 7.84. The first kappa shape index (κ1) is 15.6. The predicted molar refractivity (Wildman–Crippen MR) is 86.4 cm³/mol. The Kier molecular flexibility index (Phi) is 3.99. The van der Waals surface area contributed by atoms with E-state index in [0.717, 1.165) is 6.42 Å². The lowest BCUT2D eigenvalue weighted by Crippen LogP contribution is -2.59. The summed E-state index contributed by atoms with van der Waals surface area (Å²) in [6.07, 6.45) is 2.39. The van der Waals surface area contributed by atoms with E-state index in [9.17, 15) is 4.79 Å². The van der Waals surface area contributed by atoms with Crippen LogP contribution in [0.2, 0.25) is 5.02 Å². The van der Waals surface area contributed by atoms with E-state index < -0.39 is 0 Å². The standard InChI is InChI=1S/C16H17ClN4O3/c17-12-3-1-2-4-14(12)21-9-13(18-19-21)15(22)20-6-8-24-11-16(20)5-7-23-10-16/h1-4,9H,5-8,10-11H2. The molecule has 1 aromatic heterocycles. The smallest absolute Gasteiger partial charge is 0.276 e. The van der Waals surface area contributed by atoms with Crippen LogP contribution in [0.3, 0.4) is 0 Å². The van der Waals surface area contributed by atoms with Gasteiger partial charge in [-0.1, -0.05) is 28.9 Å². The van der Waals surface area contributed by atoms with E-state index in [-0.39, 0.29) is 11.4 Å². The van der Waals surface area contributed by atoms with Crippen LogP contribution in [0.25, 0.3) is 5.69 Å². The van der Waals surface area contributed by atoms with Gasteiger partial charge in [0.25, 0.3) is 5.91 Å². The highest BCUT2D eigenvalue weighted by molar-refractivity contribution is 6.32. The zero-order chi connectivity index (χ0) is 16.6. The van der Waals surface area contributed by atoms with Gasteiger partial charge in [0.15, 0.2) is 5.69 Å². The Bertz CT molecular complexity index is 757. The molecule has 24 heavy (non-hydrogen) atoms. The summed E-state index contributed by atoms with van der Waals surface area (Å²) in [5.41, 5.74) is 0.596. The van der Waals surface area contributed by atoms with Crippen molar-refractivity contribution in [2.45, 2.75) is 12.0 Å². The van der Waals surface area contributed by atoms with Gasteiger partial charge in [-0.2, -0.15) is 0 Å². The van der Waals surface area contributed by atoms with Gasteiger partial charge in [0.1, 0.15) is 0 Å². The van der Waals surface area contributed by atoms with Crippen molar-refractivity contribution < 1.29 is 14.3 Å². The van der Waals surface area contributed by atoms with Crippen molar-refractivity contribution in [2.75, 3.05) is 33.0 Å². The second-order valence-electron chi connectivity index (χ2n) is 6.04. The highest BCUT2D eigenvalue weighted by Crippen LogP contribution is 2.30. The number of carbonyl (C=O) groups excluding carboxylic acids is 1. The largest absolute Gasteiger partial charge is 0.379 e. The van der Waals surface area contributed by atoms with Crippen LogP contribution in [0.15, 0.2) is 30.5 Å². The first-order chi connectivity index (χ1) is 11.7. The second-order valence-corrected chi connectivity index (χ2v) is 6.44. The highest BCUT2D eigenvalue weighted by atomic mass is 35.5. The molecular weight excluding hydrogens is 332 g/mol. The average molecular weight is 349 g/mol. The van der Waals surface area contributed by atoms with Crippen molar-refractivity contribution in [3.63, 3.8) is 0 Å². The van der Waals surface area contributed by atoms with Gasteiger partial charge in [0, 0.05) is 13.2 Å². The fraction of sp³-hybridized carbons (Fsp3) is 0.438. The Hall–Kier alpha value is -1.96. The maximum atomic E-state index is 13.0. The molecular formula is C16H17ClN4O3. The molecule has 8 heteroatoms. The average Bonchev–Trinajstić information content (AvgIpc) is 3.26. The number of aromatic nitrogens is 3. The van der Waals surface area contributed by atoms with Crippen molar-refractivity contribution in [2.24, 2.45) is 0 Å². The van der Waals surface area contributed by atoms with Gasteiger partial charge in [-0.25, -0.2) is 4.68 Å². The van der Waals surface area contributed by atoms with Gasteiger partial charge in [0.2, 0.25) is 0 Å². The SMILES string of the molecule is O=C(c1cn(-c2ccccc2Cl)nn1)N1CCOCC12CCOC2. The third kappa shape index (κ3) is 2.58. The number of para-hydroxylation sites is 1. The van der Waals surface area contributed by atoms with Crippen LogP contribution < -0.4 is 0 Å². The Morgan fingerprint density at radius 3 is 2.79 bits per heavy atom. The quantitative estimate of drug-likeness (QED) is 0.823. The second kappa shape index (κ2) is 6.16. The minimum Gasteiger partial charge on any atom is -0.379 e. The van der Waals surface area contributed by atoms with Crippen molar-refractivity contribution in [3.8, 4) is 5.69 Å². The fourth-order valence-electron chi connectivity index (χ4n) is 3.23. The number of rotatable bonds is 2. The molecule has 0 aliphatic carbocycles. The summed E-state index contributed by atoms with van der Waals surface area (Å²) in [5, 5.41) is 8.64. The molecule has 2 aromatic rings. The number of hydrogen-bond donors (Lipinski definition) is 0. The number of hydrogen-bond acceptors (Lipinski definition) is 5. The maximum absolute atomic E-state index is 13.0. The number of halogens is 1. The minimum absolute atomic E-state index is 0.151. The van der Waals surface area contributed by atoms with E-state index in [2.05, 4.69) is 10.3 Å². The number of benzene rings is 1. The number of morpholine rings is 1. The van der Waals surface area contributed by atoms with Gasteiger partial charge in [0.05, 0.1) is 42.3 Å². The lowest BCUT2D eigenvalue weighted by Gasteiger charge is -2.43. The predicted octanol–water partition coefficient (Wildman–Crippen LogP) is 1.55. The highest BCUT2D eigenvalue weighted by Gasteiger charge is 2.46. The summed E-state index contributed by atoms with van der Waals surface area (Å²) < 4.78 is 12.6. The van der Waals surface area contributed by atoms with Gasteiger partial charge in [-0.05, 0) is 18.6 Å². The molecule has 4 rings (SSSR count). The summed E-state index contributed by atoms with van der Waals surface area (Å²) in [6, 6.07) is 7.29. The molecule has 2 aliphatic rings. The van der Waals surface area contributed by atoms with Crippen LogP contribution in [-0.2, 0) is 9.47 Å². The van der Waals surface area contributed by atoms with E-state index in [1.165, 1.54) is 4.68 Å². The molecule has 0 N–H and O–H groups in total. The van der Waals surface area contributed by atoms with Crippen LogP contribution in [0.1, 0.15) is 16.9 Å². The van der Waals surface area contributed by atoms with Crippen LogP contribution in [-0.4, -0.2) is 64.3 Å². The molecule has 3 heterocycles. The molecule has 126 valence electrons. The van der Waals surface area contributed by atoms with Gasteiger partial charge in [-0.15, -0.1) is 5.10 Å². The van der Waals surface area contributed by atoms with Gasteiger partial charge in [-0.3, -0.25) is 4.79 Å². The Balaban J connectivity index is 1.62. The molecule has 0 saturated carbocycles. The molecule has 2 saturated heterocycles. The summed E-state index contributed by atoms with van der Waals surface area (Å²) >= 11 is 6.18. The van der Waals surface area contributed by atoms with Crippen molar-refractivity contribution in [3.05, 3.63) is 41.2 Å². The Morgan fingerprint density at radius 1 is 1.21 bits per heavy atom. The molecule has 0 bridgehead atoms. The third-order valence-corrected chi connectivity index (χ3v) is 4.86. The van der Waals surface area contributed by atoms with Crippen molar-refractivity contribution in [1.82, 2.24) is 19.9 Å². The number of carbonyl (C=O) groups is 1. The summed E-state index contributed by atoms with van der Waals surface area (Å²) in [5.74, 6) is -0.151. The normalized spacial score (nSPS) is 23.8. The first-order valence-corrected chi connectivity index (χ1v) is 8.22. The van der Waals surface area contributed by atoms with E-state index >= 15 is 0 Å². The summed E-state index contributed by atoms with van der Waals surface area (Å²) in [7, 11) is 0. The zero-order valence-corrected chi connectivity index (χ0v) is 13.8. The van der Waals surface area contributed by atoms with E-state index in [1.54, 1.807) is 12.3 Å². The molecule has 1 unspecified atom stereocenters. The van der Waals surface area contributed by atoms with E-state index in [0.29, 0.717) is 49.4 Å². The van der Waals surface area contributed by atoms with Gasteiger partial charge >= 0.3 is 0 Å². The van der Waals surface area contributed by atoms with Crippen molar-refractivity contribution >= 4 is 17.5 Å². The monoisotopic (exact) mass is 348 g/mol. The molecule has 7 nitrogen and oxygen atoms in total. The van der Waals surface area contributed by atoms with Crippen LogP contribution in [0.4, 0.5) is 0 Å². The molecule has 1 aromatic carbocycles. The Morgan fingerprint density at radius 2 is 2.00 bits per heavy atom. The van der Waals surface area contributed by atoms with Crippen LogP contribution >= 0.6 is 11.6 Å². The summed E-state index contributed by atoms with van der Waals surface area (Å²) in [4.78, 5) is 14.8. The fourth-order valence-corrected chi connectivity index (χ4v) is 3.45. The Labute approximate surface area is 144 Å². The van der Waals surface area contributed by atoms with Crippen molar-refractivity contribution in [1.29, 1.82) is 0 Å². The topological polar surface area (TPSA) is 69.5 Å². The van der Waals surface area contributed by atoms with E-state index in [1.807, 2.05) is 23.1 Å². The number of amides is 1. The third-order valence-electron chi connectivity index (χ3n) is 4.54. The molecule has 1 atom stereocenters. The lowest BCUT2D eigenvalue weighted by molar-refractivity contribution is -0.0553. The molecule has 2 fully saturated rings. The lowest BCUT2D eigenvalue weighted by atomic mass is 9.95. The molecule has 0 radical (unpaired) electrons. The van der Waals surface area contributed by atoms with E-state index in [4.69, 9.17) is 21.1 Å². The maximum Gasteiger partial charge on any atom is 0.276 e. The molecule has 2 aliphatic heterocycles. The number of ether oxygens (including phenoxy) is 2. The minimum atomic E-state index is -0.385.